The summed E-state index contributed by atoms with van der Waals surface area (Å²) < 4.78 is 26.8. The molecule has 2 N–H and O–H groups in total. The molecule has 1 aromatic heterocycles. The molecule has 7 heteroatoms. The van der Waals surface area contributed by atoms with Crippen molar-refractivity contribution in [3.63, 3.8) is 0 Å². The Kier molecular flexibility index (Phi) is 3.48. The van der Waals surface area contributed by atoms with Crippen molar-refractivity contribution in [3.05, 3.63) is 16.5 Å². The zero-order valence-electron chi connectivity index (χ0n) is 8.31. The molecule has 84 valence electrons. The zero-order valence-corrected chi connectivity index (χ0v) is 9.94. The number of hydrogen-bond donors (Lipinski definition) is 1. The Morgan fingerprint density at radius 3 is 2.60 bits per heavy atom. The van der Waals surface area contributed by atoms with Crippen molar-refractivity contribution in [1.29, 1.82) is 0 Å². The lowest BCUT2D eigenvalue weighted by Crippen LogP contribution is -2.10. The molecule has 1 heterocycles. The van der Waals surface area contributed by atoms with Gasteiger partial charge in [-0.25, -0.2) is 18.4 Å². The average Bonchev–Trinajstić information content (AvgIpc) is 2.47. The summed E-state index contributed by atoms with van der Waals surface area (Å²) in [6, 6.07) is 1.37. The number of aryl methyl sites for hydroxylation is 1. The van der Waals surface area contributed by atoms with Crippen LogP contribution in [0.25, 0.3) is 0 Å². The SMILES string of the molecule is CCOC(=O)c1sc(S(N)(=O)=O)cc1C. The second kappa shape index (κ2) is 4.30. The highest BCUT2D eigenvalue weighted by Gasteiger charge is 2.19. The maximum Gasteiger partial charge on any atom is 0.348 e. The lowest BCUT2D eigenvalue weighted by Gasteiger charge is -1.98. The van der Waals surface area contributed by atoms with Gasteiger partial charge in [0.1, 0.15) is 9.09 Å². The molecule has 0 saturated heterocycles. The molecule has 0 fully saturated rings. The monoisotopic (exact) mass is 249 g/mol. The molecule has 0 radical (unpaired) electrons. The average molecular weight is 249 g/mol. The van der Waals surface area contributed by atoms with Crippen LogP contribution in [-0.2, 0) is 14.8 Å². The van der Waals surface area contributed by atoms with Gasteiger partial charge in [0.05, 0.1) is 6.61 Å². The molecule has 15 heavy (non-hydrogen) atoms. The first kappa shape index (κ1) is 12.2. The third kappa shape index (κ3) is 2.77. The summed E-state index contributed by atoms with van der Waals surface area (Å²) in [5.41, 5.74) is 0.558. The number of rotatable bonds is 3. The zero-order chi connectivity index (χ0) is 11.6. The van der Waals surface area contributed by atoms with Crippen molar-refractivity contribution in [2.24, 2.45) is 5.14 Å². The number of primary sulfonamides is 1. The Hall–Kier alpha value is -0.920. The van der Waals surface area contributed by atoms with E-state index in [1.807, 2.05) is 0 Å². The molecular weight excluding hydrogens is 238 g/mol. The highest BCUT2D eigenvalue weighted by Crippen LogP contribution is 2.25. The van der Waals surface area contributed by atoms with Crippen LogP contribution < -0.4 is 5.14 Å². The predicted molar refractivity (Wildman–Crippen MR) is 56.4 cm³/mol. The van der Waals surface area contributed by atoms with Crippen LogP contribution in [-0.4, -0.2) is 21.0 Å². The van der Waals surface area contributed by atoms with Gasteiger partial charge in [0.15, 0.2) is 0 Å². The molecule has 0 saturated carbocycles. The van der Waals surface area contributed by atoms with Crippen LogP contribution in [0.3, 0.4) is 0 Å². The summed E-state index contributed by atoms with van der Waals surface area (Å²) in [6.07, 6.45) is 0. The highest BCUT2D eigenvalue weighted by molar-refractivity contribution is 7.91. The fourth-order valence-corrected chi connectivity index (χ4v) is 2.85. The maximum absolute atomic E-state index is 11.4. The molecule has 0 atom stereocenters. The van der Waals surface area contributed by atoms with Gasteiger partial charge in [-0.15, -0.1) is 11.3 Å². The largest absolute Gasteiger partial charge is 0.462 e. The Balaban J connectivity index is 3.13. The van der Waals surface area contributed by atoms with E-state index in [1.54, 1.807) is 13.8 Å². The fourth-order valence-electron chi connectivity index (χ4n) is 0.992. The lowest BCUT2D eigenvalue weighted by atomic mass is 10.3. The van der Waals surface area contributed by atoms with Gasteiger partial charge < -0.3 is 4.74 Å². The topological polar surface area (TPSA) is 86.5 Å². The third-order valence-electron chi connectivity index (χ3n) is 1.64. The van der Waals surface area contributed by atoms with Crippen molar-refractivity contribution in [2.45, 2.75) is 18.1 Å². The summed E-state index contributed by atoms with van der Waals surface area (Å²) in [5.74, 6) is -0.519. The van der Waals surface area contributed by atoms with E-state index in [4.69, 9.17) is 9.88 Å². The predicted octanol–water partition coefficient (Wildman–Crippen LogP) is 0.881. The summed E-state index contributed by atoms with van der Waals surface area (Å²) in [5, 5.41) is 4.94. The molecule has 0 aliphatic rings. The number of nitrogens with two attached hydrogens (primary N) is 1. The van der Waals surface area contributed by atoms with Gasteiger partial charge in [0.2, 0.25) is 10.0 Å². The van der Waals surface area contributed by atoms with E-state index in [2.05, 4.69) is 0 Å². The Bertz CT molecular complexity index is 475. The summed E-state index contributed by atoms with van der Waals surface area (Å²) in [6.45, 7) is 3.57. The van der Waals surface area contributed by atoms with Crippen LogP contribution in [0, 0.1) is 6.92 Å². The van der Waals surface area contributed by atoms with Crippen molar-refractivity contribution >= 4 is 27.3 Å². The fraction of sp³-hybridized carbons (Fsp3) is 0.375. The molecule has 1 aromatic rings. The minimum atomic E-state index is -3.74. The van der Waals surface area contributed by atoms with E-state index in [-0.39, 0.29) is 15.7 Å². The summed E-state index contributed by atoms with van der Waals surface area (Å²) >= 11 is 0.827. The number of carbonyl (C=O) groups excluding carboxylic acids is 1. The third-order valence-corrected chi connectivity index (χ3v) is 4.27. The molecule has 0 amide bonds. The minimum Gasteiger partial charge on any atom is -0.462 e. The lowest BCUT2D eigenvalue weighted by molar-refractivity contribution is 0.0531. The van der Waals surface area contributed by atoms with Crippen molar-refractivity contribution in [1.82, 2.24) is 0 Å². The minimum absolute atomic E-state index is 0.0250. The molecule has 0 aliphatic heterocycles. The summed E-state index contributed by atoms with van der Waals surface area (Å²) in [7, 11) is -3.74. The molecule has 0 unspecified atom stereocenters. The van der Waals surface area contributed by atoms with E-state index in [0.717, 1.165) is 11.3 Å². The highest BCUT2D eigenvalue weighted by atomic mass is 32.2. The first-order chi connectivity index (χ1) is 6.86. The normalized spacial score (nSPS) is 11.4. The van der Waals surface area contributed by atoms with Gasteiger partial charge in [-0.2, -0.15) is 0 Å². The number of sulfonamides is 1. The standard InChI is InChI=1S/C8H11NO4S2/c1-3-13-8(10)7-5(2)4-6(14-7)15(9,11)12/h4H,3H2,1-2H3,(H2,9,11,12). The molecule has 1 rings (SSSR count). The van der Waals surface area contributed by atoms with Crippen molar-refractivity contribution in [2.75, 3.05) is 6.61 Å². The Labute approximate surface area is 91.9 Å². The summed E-state index contributed by atoms with van der Waals surface area (Å²) in [4.78, 5) is 11.6. The quantitative estimate of drug-likeness (QED) is 0.806. The second-order valence-corrected chi connectivity index (χ2v) is 5.68. The van der Waals surface area contributed by atoms with Crippen LogP contribution >= 0.6 is 11.3 Å². The van der Waals surface area contributed by atoms with E-state index in [0.29, 0.717) is 5.56 Å². The van der Waals surface area contributed by atoms with Crippen LogP contribution in [0.15, 0.2) is 10.3 Å². The van der Waals surface area contributed by atoms with Gasteiger partial charge in [-0.1, -0.05) is 0 Å². The smallest absolute Gasteiger partial charge is 0.348 e. The van der Waals surface area contributed by atoms with Gasteiger partial charge in [-0.3, -0.25) is 0 Å². The molecule has 0 aromatic carbocycles. The molecule has 5 nitrogen and oxygen atoms in total. The number of esters is 1. The van der Waals surface area contributed by atoms with Crippen molar-refractivity contribution in [3.8, 4) is 0 Å². The molecule has 0 aliphatic carbocycles. The van der Waals surface area contributed by atoms with Crippen molar-refractivity contribution < 1.29 is 17.9 Å². The van der Waals surface area contributed by atoms with E-state index in [9.17, 15) is 13.2 Å². The molecule has 0 spiro atoms. The maximum atomic E-state index is 11.4. The Morgan fingerprint density at radius 2 is 2.20 bits per heavy atom. The first-order valence-corrected chi connectivity index (χ1v) is 6.53. The van der Waals surface area contributed by atoms with Crippen LogP contribution in [0.5, 0.6) is 0 Å². The number of thiophene rings is 1. The Morgan fingerprint density at radius 1 is 1.60 bits per heavy atom. The molecule has 0 bridgehead atoms. The van der Waals surface area contributed by atoms with E-state index >= 15 is 0 Å². The van der Waals surface area contributed by atoms with Gasteiger partial charge >= 0.3 is 5.97 Å². The number of carbonyl (C=O) groups is 1. The van der Waals surface area contributed by atoms with Crippen LogP contribution in [0.4, 0.5) is 0 Å². The number of ether oxygens (including phenoxy) is 1. The van der Waals surface area contributed by atoms with E-state index in [1.165, 1.54) is 6.07 Å². The van der Waals surface area contributed by atoms with Crippen LogP contribution in [0.2, 0.25) is 0 Å². The van der Waals surface area contributed by atoms with Crippen LogP contribution in [0.1, 0.15) is 22.2 Å². The van der Waals surface area contributed by atoms with Gasteiger partial charge in [0, 0.05) is 0 Å². The number of hydrogen-bond acceptors (Lipinski definition) is 5. The van der Waals surface area contributed by atoms with Gasteiger partial charge in [0.25, 0.3) is 0 Å². The molecular formula is C8H11NO4S2. The first-order valence-electron chi connectivity index (χ1n) is 4.16. The second-order valence-electron chi connectivity index (χ2n) is 2.84. The van der Waals surface area contributed by atoms with Gasteiger partial charge in [-0.05, 0) is 25.5 Å². The van der Waals surface area contributed by atoms with E-state index < -0.39 is 16.0 Å².